The molecule has 0 radical (unpaired) electrons. The zero-order valence-electron chi connectivity index (χ0n) is 13.9. The molecule has 3 aromatic heterocycles. The molecule has 0 saturated heterocycles. The fourth-order valence-corrected chi connectivity index (χ4v) is 5.12. The number of imidazole rings is 1. The lowest BCUT2D eigenvalue weighted by Crippen LogP contribution is -2.10. The van der Waals surface area contributed by atoms with E-state index >= 15 is 0 Å². The van der Waals surface area contributed by atoms with E-state index in [1.165, 1.54) is 18.5 Å². The molecule has 19 heteroatoms. The Labute approximate surface area is 160 Å². The molecule has 2 unspecified atom stereocenters. The summed E-state index contributed by atoms with van der Waals surface area (Å²) >= 11 is 0. The Kier molecular flexibility index (Phi) is 6.86. The Hall–Kier alpha value is -2.25. The van der Waals surface area contributed by atoms with Crippen LogP contribution in [0.3, 0.4) is 0 Å². The summed E-state index contributed by atoms with van der Waals surface area (Å²) < 4.78 is 40.2. The first-order valence-electron chi connectivity index (χ1n) is 7.03. The molecule has 3 heterocycles. The van der Waals surface area contributed by atoms with Gasteiger partial charge in [-0.15, -0.1) is 0 Å². The van der Waals surface area contributed by atoms with Crippen molar-refractivity contribution in [3.05, 3.63) is 41.1 Å². The average molecular weight is 470 g/mol. The predicted octanol–water partition coefficient (Wildman–Crippen LogP) is -0.653. The van der Waals surface area contributed by atoms with Crippen LogP contribution in [0.4, 0.5) is 5.95 Å². The minimum atomic E-state index is -5.42. The SMILES string of the molecule is Nc1nc2nc[nH]c2c(=O)[nH]1.O=P(O)(O)OP(=O)(O)OP(=O)(O)c1ccccn1. The molecule has 8 N–H and O–H groups in total. The number of nitrogens with two attached hydrogens (primary N) is 1. The number of hydrogen-bond acceptors (Lipinski definition) is 10. The third-order valence-electron chi connectivity index (χ3n) is 2.68. The van der Waals surface area contributed by atoms with Crippen molar-refractivity contribution in [3.8, 4) is 0 Å². The van der Waals surface area contributed by atoms with Gasteiger partial charge in [0.25, 0.3) is 5.56 Å². The second-order valence-corrected chi connectivity index (χ2v) is 9.61. The average Bonchev–Trinajstić information content (AvgIpc) is 3.01. The van der Waals surface area contributed by atoms with Gasteiger partial charge in [0.15, 0.2) is 16.6 Å². The van der Waals surface area contributed by atoms with Crippen LogP contribution in [0, 0.1) is 0 Å². The van der Waals surface area contributed by atoms with Crippen molar-refractivity contribution < 1.29 is 41.9 Å². The highest BCUT2D eigenvalue weighted by atomic mass is 31.3. The molecule has 3 rings (SSSR count). The highest BCUT2D eigenvalue weighted by molar-refractivity contribution is 7.71. The van der Waals surface area contributed by atoms with Crippen LogP contribution in [0.2, 0.25) is 0 Å². The number of nitrogens with zero attached hydrogens (tertiary/aromatic N) is 3. The van der Waals surface area contributed by atoms with Gasteiger partial charge in [0, 0.05) is 6.20 Å². The van der Waals surface area contributed by atoms with Gasteiger partial charge < -0.3 is 30.3 Å². The van der Waals surface area contributed by atoms with Crippen molar-refractivity contribution >= 4 is 45.8 Å². The fourth-order valence-electron chi connectivity index (χ4n) is 1.71. The minimum Gasteiger partial charge on any atom is -0.369 e. The van der Waals surface area contributed by atoms with Gasteiger partial charge in [0.05, 0.1) is 6.33 Å². The highest BCUT2D eigenvalue weighted by Gasteiger charge is 2.41. The van der Waals surface area contributed by atoms with Gasteiger partial charge in [-0.2, -0.15) is 9.29 Å². The molecule has 158 valence electrons. The number of rotatable bonds is 5. The fraction of sp³-hybridized carbons (Fsp3) is 0. The van der Waals surface area contributed by atoms with E-state index in [1.807, 2.05) is 0 Å². The lowest BCUT2D eigenvalue weighted by atomic mass is 10.5. The van der Waals surface area contributed by atoms with Gasteiger partial charge in [-0.3, -0.25) is 14.3 Å². The molecule has 0 aliphatic rings. The van der Waals surface area contributed by atoms with Gasteiger partial charge in [-0.05, 0) is 12.1 Å². The van der Waals surface area contributed by atoms with Gasteiger partial charge in [-0.1, -0.05) is 6.07 Å². The standard InChI is InChI=1S/C5H5N5O.C5H8NO9P3/c6-5-9-3-2(4(11)10-5)7-1-8-3;7-16(8,5-3-1-2-4-6-5)14-18(12,13)15-17(9,10)11/h1H,(H4,6,7,8,9,10,11);1-4H,(H,7,8)(H,12,13)(H2,9,10,11). The summed E-state index contributed by atoms with van der Waals surface area (Å²) in [6, 6.07) is 3.74. The van der Waals surface area contributed by atoms with E-state index in [0.717, 1.165) is 12.3 Å². The first-order valence-corrected chi connectivity index (χ1v) is 11.6. The van der Waals surface area contributed by atoms with Crippen LogP contribution in [0.1, 0.15) is 0 Å². The maximum Gasteiger partial charge on any atom is 0.488 e. The maximum atomic E-state index is 11.5. The molecule has 0 aliphatic heterocycles. The summed E-state index contributed by atoms with van der Waals surface area (Å²) in [5.41, 5.74) is 5.07. The molecule has 0 fully saturated rings. The third-order valence-corrected chi connectivity index (χ3v) is 6.91. The monoisotopic (exact) mass is 470 g/mol. The van der Waals surface area contributed by atoms with E-state index in [4.69, 9.17) is 20.4 Å². The number of anilines is 1. The first-order chi connectivity index (χ1) is 13.3. The molecule has 3 aromatic rings. The second kappa shape index (κ2) is 8.63. The van der Waals surface area contributed by atoms with Crippen molar-refractivity contribution in [2.45, 2.75) is 0 Å². The normalized spacial score (nSPS) is 15.7. The Morgan fingerprint density at radius 3 is 2.31 bits per heavy atom. The van der Waals surface area contributed by atoms with Crippen molar-refractivity contribution in [2.24, 2.45) is 0 Å². The van der Waals surface area contributed by atoms with E-state index in [0.29, 0.717) is 11.2 Å². The molecule has 0 bridgehead atoms. The number of hydrogen-bond donors (Lipinski definition) is 7. The molecule has 0 amide bonds. The van der Waals surface area contributed by atoms with Gasteiger partial charge in [0.2, 0.25) is 5.95 Å². The van der Waals surface area contributed by atoms with E-state index in [9.17, 15) is 23.4 Å². The third kappa shape index (κ3) is 6.94. The van der Waals surface area contributed by atoms with Gasteiger partial charge in [-0.25, -0.2) is 23.4 Å². The summed E-state index contributed by atoms with van der Waals surface area (Å²) in [6.07, 6.45) is 2.51. The Morgan fingerprint density at radius 1 is 1.03 bits per heavy atom. The van der Waals surface area contributed by atoms with E-state index < -0.39 is 28.7 Å². The van der Waals surface area contributed by atoms with Gasteiger partial charge in [0.1, 0.15) is 0 Å². The maximum absolute atomic E-state index is 11.5. The largest absolute Gasteiger partial charge is 0.488 e. The number of H-pyrrole nitrogens is 2. The number of aromatic amines is 2. The smallest absolute Gasteiger partial charge is 0.369 e. The molecule has 0 aromatic carbocycles. The predicted molar refractivity (Wildman–Crippen MR) is 96.7 cm³/mol. The molecule has 2 atom stereocenters. The zero-order valence-corrected chi connectivity index (χ0v) is 16.6. The Balaban J connectivity index is 0.000000230. The van der Waals surface area contributed by atoms with Crippen LogP contribution in [-0.4, -0.2) is 44.5 Å². The van der Waals surface area contributed by atoms with E-state index in [1.54, 1.807) is 0 Å². The summed E-state index contributed by atoms with van der Waals surface area (Å²) in [5, 5.41) is 0. The number of aromatic nitrogens is 5. The molecular weight excluding hydrogens is 457 g/mol. The lowest BCUT2D eigenvalue weighted by Gasteiger charge is -2.15. The summed E-state index contributed by atoms with van der Waals surface area (Å²) in [6.45, 7) is 0. The summed E-state index contributed by atoms with van der Waals surface area (Å²) in [4.78, 5) is 61.8. The van der Waals surface area contributed by atoms with E-state index in [-0.39, 0.29) is 11.5 Å². The molecule has 0 aliphatic carbocycles. The highest BCUT2D eigenvalue weighted by Crippen LogP contribution is 2.65. The van der Waals surface area contributed by atoms with Crippen LogP contribution < -0.4 is 16.7 Å². The number of nitrogens with one attached hydrogen (secondary N) is 2. The molecule has 0 saturated carbocycles. The van der Waals surface area contributed by atoms with Crippen LogP contribution >= 0.6 is 23.2 Å². The van der Waals surface area contributed by atoms with Crippen LogP contribution in [0.15, 0.2) is 35.5 Å². The second-order valence-electron chi connectivity index (χ2n) is 4.88. The zero-order chi connectivity index (χ0) is 21.9. The molecule has 29 heavy (non-hydrogen) atoms. The van der Waals surface area contributed by atoms with Crippen LogP contribution in [-0.2, 0) is 22.3 Å². The molecule has 16 nitrogen and oxygen atoms in total. The van der Waals surface area contributed by atoms with Crippen molar-refractivity contribution in [3.63, 3.8) is 0 Å². The molecule has 0 spiro atoms. The summed E-state index contributed by atoms with van der Waals surface area (Å²) in [7, 11) is -15.6. The Bertz CT molecular complexity index is 1190. The van der Waals surface area contributed by atoms with E-state index in [2.05, 4.69) is 33.5 Å². The number of pyridine rings is 1. The molecular formula is C10H13N6O10P3. The van der Waals surface area contributed by atoms with Crippen molar-refractivity contribution in [2.75, 3.05) is 5.73 Å². The van der Waals surface area contributed by atoms with Crippen molar-refractivity contribution in [1.82, 2.24) is 24.9 Å². The lowest BCUT2D eigenvalue weighted by molar-refractivity contribution is 0.224. The topological polar surface area (TPSA) is 264 Å². The van der Waals surface area contributed by atoms with Crippen molar-refractivity contribution in [1.29, 1.82) is 0 Å². The quantitative estimate of drug-likeness (QED) is 0.228. The van der Waals surface area contributed by atoms with Crippen LogP contribution in [0.25, 0.3) is 11.2 Å². The minimum absolute atomic E-state index is 0.0783. The van der Waals surface area contributed by atoms with Gasteiger partial charge >= 0.3 is 23.2 Å². The summed E-state index contributed by atoms with van der Waals surface area (Å²) in [5.74, 6) is 0.0783. The Morgan fingerprint density at radius 2 is 1.72 bits per heavy atom. The van der Waals surface area contributed by atoms with Crippen LogP contribution in [0.5, 0.6) is 0 Å². The first kappa shape index (κ1) is 23.0. The number of fused-ring (bicyclic) bond motifs is 1. The number of nitrogen functional groups attached to an aromatic ring is 1. The number of phosphoric acid groups is 2.